The SMILES string of the molecule is CC(C)Oc1ccc(C(=O)N2CCN(CC(F)(F)F)CC2)cc1. The zero-order valence-corrected chi connectivity index (χ0v) is 13.3. The van der Waals surface area contributed by atoms with Crippen molar-refractivity contribution in [1.82, 2.24) is 9.80 Å². The number of halogens is 3. The fourth-order valence-electron chi connectivity index (χ4n) is 2.49. The van der Waals surface area contributed by atoms with Gasteiger partial charge in [0.05, 0.1) is 12.6 Å². The molecule has 4 nitrogen and oxygen atoms in total. The Balaban J connectivity index is 1.89. The molecule has 0 saturated carbocycles. The standard InChI is InChI=1S/C16H21F3N2O2/c1-12(2)23-14-5-3-13(4-6-14)15(22)21-9-7-20(8-10-21)11-16(17,18)19/h3-6,12H,7-11H2,1-2H3. The fraction of sp³-hybridized carbons (Fsp3) is 0.562. The molecule has 0 atom stereocenters. The van der Waals surface area contributed by atoms with Gasteiger partial charge in [-0.15, -0.1) is 0 Å². The highest BCUT2D eigenvalue weighted by atomic mass is 19.4. The van der Waals surface area contributed by atoms with Gasteiger partial charge < -0.3 is 9.64 Å². The molecule has 0 N–H and O–H groups in total. The van der Waals surface area contributed by atoms with E-state index in [9.17, 15) is 18.0 Å². The molecule has 1 aliphatic heterocycles. The van der Waals surface area contributed by atoms with E-state index >= 15 is 0 Å². The highest BCUT2D eigenvalue weighted by molar-refractivity contribution is 5.94. The zero-order chi connectivity index (χ0) is 17.0. The van der Waals surface area contributed by atoms with E-state index in [1.807, 2.05) is 13.8 Å². The zero-order valence-electron chi connectivity index (χ0n) is 13.3. The number of carbonyl (C=O) groups is 1. The van der Waals surface area contributed by atoms with E-state index < -0.39 is 12.7 Å². The van der Waals surface area contributed by atoms with E-state index in [2.05, 4.69) is 0 Å². The van der Waals surface area contributed by atoms with Gasteiger partial charge in [0.1, 0.15) is 5.75 Å². The van der Waals surface area contributed by atoms with Crippen molar-refractivity contribution in [3.05, 3.63) is 29.8 Å². The lowest BCUT2D eigenvalue weighted by atomic mass is 10.1. The van der Waals surface area contributed by atoms with Gasteiger partial charge in [-0.05, 0) is 38.1 Å². The van der Waals surface area contributed by atoms with E-state index in [0.717, 1.165) is 0 Å². The van der Waals surface area contributed by atoms with Gasteiger partial charge in [-0.3, -0.25) is 9.69 Å². The third-order valence-corrected chi connectivity index (χ3v) is 3.54. The van der Waals surface area contributed by atoms with Crippen LogP contribution in [0.25, 0.3) is 0 Å². The number of hydrogen-bond acceptors (Lipinski definition) is 3. The van der Waals surface area contributed by atoms with Crippen molar-refractivity contribution in [2.75, 3.05) is 32.7 Å². The molecule has 1 fully saturated rings. The van der Waals surface area contributed by atoms with Crippen LogP contribution in [0.3, 0.4) is 0 Å². The van der Waals surface area contributed by atoms with Gasteiger partial charge >= 0.3 is 6.18 Å². The first-order chi connectivity index (χ1) is 10.7. The molecule has 2 rings (SSSR count). The minimum atomic E-state index is -4.20. The maximum atomic E-state index is 12.4. The smallest absolute Gasteiger partial charge is 0.401 e. The Kier molecular flexibility index (Phi) is 5.51. The number of nitrogens with zero attached hydrogens (tertiary/aromatic N) is 2. The van der Waals surface area contributed by atoms with Gasteiger partial charge in [-0.25, -0.2) is 0 Å². The lowest BCUT2D eigenvalue weighted by Crippen LogP contribution is -2.50. The summed E-state index contributed by atoms with van der Waals surface area (Å²) in [5, 5.41) is 0. The number of benzene rings is 1. The summed E-state index contributed by atoms with van der Waals surface area (Å²) >= 11 is 0. The maximum absolute atomic E-state index is 12.4. The van der Waals surface area contributed by atoms with Crippen LogP contribution in [0.5, 0.6) is 5.75 Å². The molecule has 7 heteroatoms. The van der Waals surface area contributed by atoms with Crippen molar-refractivity contribution < 1.29 is 22.7 Å². The third-order valence-electron chi connectivity index (χ3n) is 3.54. The van der Waals surface area contributed by atoms with Crippen molar-refractivity contribution >= 4 is 5.91 Å². The van der Waals surface area contributed by atoms with E-state index in [0.29, 0.717) is 24.4 Å². The highest BCUT2D eigenvalue weighted by Crippen LogP contribution is 2.19. The van der Waals surface area contributed by atoms with Crippen LogP contribution >= 0.6 is 0 Å². The van der Waals surface area contributed by atoms with Crippen LogP contribution in [0.1, 0.15) is 24.2 Å². The van der Waals surface area contributed by atoms with E-state index in [-0.39, 0.29) is 25.1 Å². The second-order valence-electron chi connectivity index (χ2n) is 5.87. The molecule has 1 aromatic rings. The van der Waals surface area contributed by atoms with Crippen LogP contribution in [0.15, 0.2) is 24.3 Å². The number of rotatable bonds is 4. The second-order valence-corrected chi connectivity index (χ2v) is 5.87. The maximum Gasteiger partial charge on any atom is 0.401 e. The Bertz CT molecular complexity index is 521. The van der Waals surface area contributed by atoms with Crippen molar-refractivity contribution in [3.63, 3.8) is 0 Å². The largest absolute Gasteiger partial charge is 0.491 e. The molecular weight excluding hydrogens is 309 g/mol. The van der Waals surface area contributed by atoms with Crippen LogP contribution in [-0.2, 0) is 0 Å². The Morgan fingerprint density at radius 3 is 2.17 bits per heavy atom. The van der Waals surface area contributed by atoms with E-state index in [1.165, 1.54) is 4.90 Å². The van der Waals surface area contributed by atoms with Crippen LogP contribution in [0, 0.1) is 0 Å². The molecule has 0 radical (unpaired) electrons. The number of ether oxygens (including phenoxy) is 1. The average Bonchev–Trinajstić information content (AvgIpc) is 2.46. The number of alkyl halides is 3. The Morgan fingerprint density at radius 1 is 1.13 bits per heavy atom. The molecule has 1 heterocycles. The Hall–Kier alpha value is -1.76. The van der Waals surface area contributed by atoms with Crippen molar-refractivity contribution in [3.8, 4) is 5.75 Å². The molecule has 128 valence electrons. The molecule has 23 heavy (non-hydrogen) atoms. The van der Waals surface area contributed by atoms with E-state index in [4.69, 9.17) is 4.74 Å². The summed E-state index contributed by atoms with van der Waals surface area (Å²) in [7, 11) is 0. The van der Waals surface area contributed by atoms with Crippen LogP contribution < -0.4 is 4.74 Å². The van der Waals surface area contributed by atoms with Gasteiger partial charge in [-0.2, -0.15) is 13.2 Å². The molecule has 0 aliphatic carbocycles. The van der Waals surface area contributed by atoms with E-state index in [1.54, 1.807) is 29.2 Å². The molecular formula is C16H21F3N2O2. The lowest BCUT2D eigenvalue weighted by molar-refractivity contribution is -0.148. The first-order valence-electron chi connectivity index (χ1n) is 7.60. The van der Waals surface area contributed by atoms with Crippen LogP contribution in [0.4, 0.5) is 13.2 Å². The molecule has 1 aromatic carbocycles. The summed E-state index contributed by atoms with van der Waals surface area (Å²) in [4.78, 5) is 15.3. The minimum absolute atomic E-state index is 0.0539. The summed E-state index contributed by atoms with van der Waals surface area (Å²) in [5.41, 5.74) is 0.519. The van der Waals surface area contributed by atoms with Crippen molar-refractivity contribution in [2.24, 2.45) is 0 Å². The molecule has 1 amide bonds. The summed E-state index contributed by atoms with van der Waals surface area (Å²) in [6, 6.07) is 6.82. The summed E-state index contributed by atoms with van der Waals surface area (Å²) in [6.45, 7) is 3.99. The van der Waals surface area contributed by atoms with Crippen LogP contribution in [-0.4, -0.2) is 60.7 Å². The predicted molar refractivity (Wildman–Crippen MR) is 80.6 cm³/mol. The number of hydrogen-bond donors (Lipinski definition) is 0. The number of piperazine rings is 1. The third kappa shape index (κ3) is 5.42. The topological polar surface area (TPSA) is 32.8 Å². The van der Waals surface area contributed by atoms with Gasteiger partial charge in [0.15, 0.2) is 0 Å². The molecule has 0 aromatic heterocycles. The van der Waals surface area contributed by atoms with Crippen LogP contribution in [0.2, 0.25) is 0 Å². The summed E-state index contributed by atoms with van der Waals surface area (Å²) in [6.07, 6.45) is -4.14. The number of carbonyl (C=O) groups excluding carboxylic acids is 1. The number of amides is 1. The molecule has 0 spiro atoms. The Morgan fingerprint density at radius 2 is 1.70 bits per heavy atom. The van der Waals surface area contributed by atoms with Gasteiger partial charge in [0.25, 0.3) is 5.91 Å². The van der Waals surface area contributed by atoms with Crippen molar-refractivity contribution in [1.29, 1.82) is 0 Å². The predicted octanol–water partition coefficient (Wildman–Crippen LogP) is 2.79. The molecule has 0 bridgehead atoms. The summed E-state index contributed by atoms with van der Waals surface area (Å²) in [5.74, 6) is 0.527. The van der Waals surface area contributed by atoms with Gasteiger partial charge in [0.2, 0.25) is 0 Å². The summed E-state index contributed by atoms with van der Waals surface area (Å²) < 4.78 is 42.6. The van der Waals surface area contributed by atoms with Gasteiger partial charge in [-0.1, -0.05) is 0 Å². The van der Waals surface area contributed by atoms with Gasteiger partial charge in [0, 0.05) is 31.7 Å². The monoisotopic (exact) mass is 330 g/mol. The molecule has 0 unspecified atom stereocenters. The quantitative estimate of drug-likeness (QED) is 0.851. The molecule has 1 aliphatic rings. The van der Waals surface area contributed by atoms with Crippen molar-refractivity contribution in [2.45, 2.75) is 26.1 Å². The fourth-order valence-corrected chi connectivity index (χ4v) is 2.49. The lowest BCUT2D eigenvalue weighted by Gasteiger charge is -2.35. The Labute approximate surface area is 133 Å². The first kappa shape index (κ1) is 17.6. The molecule has 1 saturated heterocycles. The second kappa shape index (κ2) is 7.21. The average molecular weight is 330 g/mol. The normalized spacial score (nSPS) is 16.7. The first-order valence-corrected chi connectivity index (χ1v) is 7.60. The highest BCUT2D eigenvalue weighted by Gasteiger charge is 2.32. The minimum Gasteiger partial charge on any atom is -0.491 e.